The van der Waals surface area contributed by atoms with E-state index in [2.05, 4.69) is 13.8 Å². The van der Waals surface area contributed by atoms with E-state index in [1.165, 1.54) is 7.11 Å². The van der Waals surface area contributed by atoms with Crippen molar-refractivity contribution < 1.29 is 28.8 Å². The SMILES string of the molecule is COC(Cc1ccc(OCCCOc2ccc(OCCC(C)C)cc2)cc1)C(=O)O. The van der Waals surface area contributed by atoms with Gasteiger partial charge in [0.05, 0.1) is 19.8 Å². The second-order valence-corrected chi connectivity index (χ2v) is 7.46. The molecule has 164 valence electrons. The lowest BCUT2D eigenvalue weighted by Crippen LogP contribution is -2.24. The Bertz CT molecular complexity index is 739. The number of carboxylic acids is 1. The maximum Gasteiger partial charge on any atom is 0.333 e. The molecule has 30 heavy (non-hydrogen) atoms. The third-order valence-corrected chi connectivity index (χ3v) is 4.52. The molecule has 0 aliphatic carbocycles. The molecular weight excluding hydrogens is 384 g/mol. The first kappa shape index (κ1) is 23.5. The van der Waals surface area contributed by atoms with Crippen molar-refractivity contribution in [3.05, 3.63) is 54.1 Å². The molecule has 0 heterocycles. The minimum Gasteiger partial charge on any atom is -0.494 e. The van der Waals surface area contributed by atoms with Gasteiger partial charge in [-0.15, -0.1) is 0 Å². The zero-order valence-corrected chi connectivity index (χ0v) is 18.0. The highest BCUT2D eigenvalue weighted by atomic mass is 16.5. The van der Waals surface area contributed by atoms with E-state index in [0.29, 0.717) is 25.6 Å². The molecule has 0 fully saturated rings. The van der Waals surface area contributed by atoms with Crippen LogP contribution in [-0.2, 0) is 16.0 Å². The second-order valence-electron chi connectivity index (χ2n) is 7.46. The summed E-state index contributed by atoms with van der Waals surface area (Å²) >= 11 is 0. The van der Waals surface area contributed by atoms with E-state index in [1.807, 2.05) is 48.5 Å². The molecule has 0 spiro atoms. The van der Waals surface area contributed by atoms with E-state index in [9.17, 15) is 4.79 Å². The van der Waals surface area contributed by atoms with Crippen LogP contribution in [0.25, 0.3) is 0 Å². The second kappa shape index (κ2) is 12.8. The smallest absolute Gasteiger partial charge is 0.333 e. The predicted octanol–water partition coefficient (Wildman–Crippen LogP) is 4.60. The molecule has 0 aliphatic heterocycles. The molecule has 0 radical (unpaired) electrons. The van der Waals surface area contributed by atoms with Gasteiger partial charge >= 0.3 is 5.97 Å². The third-order valence-electron chi connectivity index (χ3n) is 4.52. The van der Waals surface area contributed by atoms with Crippen LogP contribution in [-0.4, -0.2) is 44.1 Å². The minimum atomic E-state index is -0.967. The lowest BCUT2D eigenvalue weighted by atomic mass is 10.1. The summed E-state index contributed by atoms with van der Waals surface area (Å²) in [6.07, 6.45) is 1.27. The Kier molecular flexibility index (Phi) is 10.0. The Hall–Kier alpha value is -2.73. The van der Waals surface area contributed by atoms with Crippen molar-refractivity contribution in [2.45, 2.75) is 39.2 Å². The molecular formula is C24H32O6. The van der Waals surface area contributed by atoms with E-state index in [4.69, 9.17) is 24.1 Å². The molecule has 6 nitrogen and oxygen atoms in total. The standard InChI is InChI=1S/C24H32O6/c1-18(2)13-16-30-22-11-9-21(10-12-22)29-15-4-14-28-20-7-5-19(6-8-20)17-23(27-3)24(25)26/h5-12,18,23H,4,13-17H2,1-3H3,(H,25,26). The number of carbonyl (C=O) groups is 1. The first-order chi connectivity index (χ1) is 14.5. The van der Waals surface area contributed by atoms with Gasteiger partial charge in [-0.25, -0.2) is 4.79 Å². The quantitative estimate of drug-likeness (QED) is 0.454. The lowest BCUT2D eigenvalue weighted by Gasteiger charge is -2.12. The fourth-order valence-electron chi connectivity index (χ4n) is 2.69. The summed E-state index contributed by atoms with van der Waals surface area (Å²) in [7, 11) is 1.40. The summed E-state index contributed by atoms with van der Waals surface area (Å²) in [5.74, 6) is 2.07. The Balaban J connectivity index is 1.63. The maximum atomic E-state index is 11.0. The Labute approximate surface area is 178 Å². The average Bonchev–Trinajstić information content (AvgIpc) is 2.73. The van der Waals surface area contributed by atoms with Crippen molar-refractivity contribution in [3.8, 4) is 17.2 Å². The molecule has 6 heteroatoms. The topological polar surface area (TPSA) is 74.2 Å². The van der Waals surface area contributed by atoms with Crippen molar-refractivity contribution in [2.24, 2.45) is 5.92 Å². The molecule has 0 aliphatic rings. The van der Waals surface area contributed by atoms with Crippen molar-refractivity contribution >= 4 is 5.97 Å². The molecule has 0 amide bonds. The largest absolute Gasteiger partial charge is 0.494 e. The van der Waals surface area contributed by atoms with E-state index in [-0.39, 0.29) is 0 Å². The highest BCUT2D eigenvalue weighted by Gasteiger charge is 2.16. The van der Waals surface area contributed by atoms with Gasteiger partial charge in [-0.3, -0.25) is 0 Å². The number of aliphatic carboxylic acids is 1. The van der Waals surface area contributed by atoms with Gasteiger partial charge in [-0.05, 0) is 54.3 Å². The van der Waals surface area contributed by atoms with Crippen LogP contribution < -0.4 is 14.2 Å². The van der Waals surface area contributed by atoms with Crippen LogP contribution in [0.15, 0.2) is 48.5 Å². The summed E-state index contributed by atoms with van der Waals surface area (Å²) in [5.41, 5.74) is 0.886. The van der Waals surface area contributed by atoms with E-state index in [1.54, 1.807) is 0 Å². The number of methoxy groups -OCH3 is 1. The predicted molar refractivity (Wildman–Crippen MR) is 116 cm³/mol. The summed E-state index contributed by atoms with van der Waals surface area (Å²) in [6.45, 7) is 6.17. The molecule has 0 saturated carbocycles. The molecule has 2 aromatic carbocycles. The molecule has 2 aromatic rings. The molecule has 1 N–H and O–H groups in total. The van der Waals surface area contributed by atoms with Crippen LogP contribution in [0, 0.1) is 5.92 Å². The van der Waals surface area contributed by atoms with Gasteiger partial charge in [0, 0.05) is 20.0 Å². The zero-order chi connectivity index (χ0) is 21.8. The van der Waals surface area contributed by atoms with Crippen LogP contribution in [0.1, 0.15) is 32.3 Å². The van der Waals surface area contributed by atoms with Crippen LogP contribution in [0.4, 0.5) is 0 Å². The van der Waals surface area contributed by atoms with Gasteiger partial charge in [0.15, 0.2) is 6.10 Å². The molecule has 0 saturated heterocycles. The Morgan fingerprint density at radius 1 is 0.833 bits per heavy atom. The molecule has 1 atom stereocenters. The Morgan fingerprint density at radius 3 is 1.73 bits per heavy atom. The number of ether oxygens (including phenoxy) is 4. The van der Waals surface area contributed by atoms with E-state index < -0.39 is 12.1 Å². The fraction of sp³-hybridized carbons (Fsp3) is 0.458. The molecule has 0 aromatic heterocycles. The number of rotatable bonds is 14. The summed E-state index contributed by atoms with van der Waals surface area (Å²) in [4.78, 5) is 11.0. The van der Waals surface area contributed by atoms with Crippen LogP contribution in [0.3, 0.4) is 0 Å². The zero-order valence-electron chi connectivity index (χ0n) is 18.0. The monoisotopic (exact) mass is 416 g/mol. The normalized spacial score (nSPS) is 11.9. The summed E-state index contributed by atoms with van der Waals surface area (Å²) < 4.78 is 22.1. The van der Waals surface area contributed by atoms with Crippen LogP contribution >= 0.6 is 0 Å². The van der Waals surface area contributed by atoms with Crippen LogP contribution in [0.5, 0.6) is 17.2 Å². The first-order valence-corrected chi connectivity index (χ1v) is 10.3. The lowest BCUT2D eigenvalue weighted by molar-refractivity contribution is -0.148. The molecule has 0 bridgehead atoms. The van der Waals surface area contributed by atoms with Gasteiger partial charge in [0.2, 0.25) is 0 Å². The summed E-state index contributed by atoms with van der Waals surface area (Å²) in [6, 6.07) is 15.0. The highest BCUT2D eigenvalue weighted by molar-refractivity contribution is 5.72. The fourth-order valence-corrected chi connectivity index (χ4v) is 2.69. The summed E-state index contributed by atoms with van der Waals surface area (Å²) in [5, 5.41) is 9.04. The number of benzene rings is 2. The van der Waals surface area contributed by atoms with Crippen molar-refractivity contribution in [3.63, 3.8) is 0 Å². The van der Waals surface area contributed by atoms with Crippen molar-refractivity contribution in [1.29, 1.82) is 0 Å². The average molecular weight is 417 g/mol. The highest BCUT2D eigenvalue weighted by Crippen LogP contribution is 2.19. The van der Waals surface area contributed by atoms with Crippen molar-refractivity contribution in [2.75, 3.05) is 26.9 Å². The number of carboxylic acid groups (broad SMARTS) is 1. The maximum absolute atomic E-state index is 11.0. The van der Waals surface area contributed by atoms with Crippen LogP contribution in [0.2, 0.25) is 0 Å². The molecule has 2 rings (SSSR count). The third kappa shape index (κ3) is 8.74. The van der Waals surface area contributed by atoms with Gasteiger partial charge in [-0.1, -0.05) is 26.0 Å². The first-order valence-electron chi connectivity index (χ1n) is 10.3. The Morgan fingerprint density at radius 2 is 1.30 bits per heavy atom. The van der Waals surface area contributed by atoms with Gasteiger partial charge in [0.1, 0.15) is 17.2 Å². The van der Waals surface area contributed by atoms with Crippen molar-refractivity contribution in [1.82, 2.24) is 0 Å². The van der Waals surface area contributed by atoms with E-state index >= 15 is 0 Å². The minimum absolute atomic E-state index is 0.321. The number of hydrogen-bond acceptors (Lipinski definition) is 5. The van der Waals surface area contributed by atoms with Gasteiger partial charge in [-0.2, -0.15) is 0 Å². The van der Waals surface area contributed by atoms with Gasteiger partial charge < -0.3 is 24.1 Å². The molecule has 1 unspecified atom stereocenters. The van der Waals surface area contributed by atoms with E-state index in [0.717, 1.165) is 42.3 Å². The van der Waals surface area contributed by atoms with Gasteiger partial charge in [0.25, 0.3) is 0 Å². The number of hydrogen-bond donors (Lipinski definition) is 1.